The molecule has 0 spiro atoms. The summed E-state index contributed by atoms with van der Waals surface area (Å²) in [6.45, 7) is 10.3. The number of nitrogens with one attached hydrogen (secondary N) is 1. The van der Waals surface area contributed by atoms with Crippen molar-refractivity contribution < 1.29 is 4.74 Å². The van der Waals surface area contributed by atoms with E-state index in [0.717, 1.165) is 31.1 Å². The van der Waals surface area contributed by atoms with Gasteiger partial charge in [-0.2, -0.15) is 0 Å². The molecule has 0 aliphatic rings. The van der Waals surface area contributed by atoms with E-state index in [4.69, 9.17) is 4.74 Å². The van der Waals surface area contributed by atoms with Gasteiger partial charge in [-0.15, -0.1) is 0 Å². The molecule has 0 aromatic carbocycles. The van der Waals surface area contributed by atoms with E-state index in [1.165, 1.54) is 5.56 Å². The van der Waals surface area contributed by atoms with Crippen LogP contribution in [0, 0.1) is 5.92 Å². The number of aromatic nitrogens is 1. The van der Waals surface area contributed by atoms with Crippen LogP contribution in [0.5, 0.6) is 5.88 Å². The van der Waals surface area contributed by atoms with Gasteiger partial charge in [0.25, 0.3) is 0 Å². The Balaban J connectivity index is 2.75. The summed E-state index contributed by atoms with van der Waals surface area (Å²) in [6.07, 6.45) is 1.06. The molecule has 3 nitrogen and oxygen atoms in total. The lowest BCUT2D eigenvalue weighted by atomic mass is 10.1. The summed E-state index contributed by atoms with van der Waals surface area (Å²) in [6, 6.07) is 4.18. The maximum absolute atomic E-state index is 5.76. The molecule has 0 fully saturated rings. The van der Waals surface area contributed by atoms with E-state index in [1.54, 1.807) is 0 Å². The highest BCUT2D eigenvalue weighted by Crippen LogP contribution is 2.19. The highest BCUT2D eigenvalue weighted by molar-refractivity contribution is 5.26. The third-order valence-electron chi connectivity index (χ3n) is 2.80. The van der Waals surface area contributed by atoms with Crippen LogP contribution in [0.15, 0.2) is 12.1 Å². The molecule has 0 aliphatic heterocycles. The molecule has 1 N–H and O–H groups in total. The minimum absolute atomic E-state index is 0.425. The zero-order valence-corrected chi connectivity index (χ0v) is 12.3. The van der Waals surface area contributed by atoms with Gasteiger partial charge in [-0.1, -0.05) is 27.7 Å². The van der Waals surface area contributed by atoms with Crippen molar-refractivity contribution in [1.29, 1.82) is 0 Å². The second kappa shape index (κ2) is 7.37. The zero-order valence-electron chi connectivity index (χ0n) is 12.3. The molecule has 1 aromatic heterocycles. The van der Waals surface area contributed by atoms with Crippen LogP contribution in [0.4, 0.5) is 0 Å². The number of nitrogens with zero attached hydrogens (tertiary/aromatic N) is 1. The van der Waals surface area contributed by atoms with E-state index in [1.807, 2.05) is 13.1 Å². The van der Waals surface area contributed by atoms with E-state index in [-0.39, 0.29) is 0 Å². The van der Waals surface area contributed by atoms with Gasteiger partial charge in [-0.05, 0) is 36.9 Å². The molecular formula is C15H26N2O. The monoisotopic (exact) mass is 250 g/mol. The van der Waals surface area contributed by atoms with Crippen LogP contribution in [0.1, 0.15) is 51.3 Å². The largest absolute Gasteiger partial charge is 0.478 e. The Morgan fingerprint density at radius 3 is 2.50 bits per heavy atom. The highest BCUT2D eigenvalue weighted by Gasteiger charge is 2.07. The molecule has 1 rings (SSSR count). The summed E-state index contributed by atoms with van der Waals surface area (Å²) < 4.78 is 5.76. The molecule has 0 saturated heterocycles. The summed E-state index contributed by atoms with van der Waals surface area (Å²) in [7, 11) is 1.95. The second-order valence-corrected chi connectivity index (χ2v) is 5.45. The zero-order chi connectivity index (χ0) is 13.5. The number of ether oxygens (including phenoxy) is 1. The number of hydrogen-bond donors (Lipinski definition) is 1. The quantitative estimate of drug-likeness (QED) is 0.806. The van der Waals surface area contributed by atoms with Gasteiger partial charge in [0.2, 0.25) is 5.88 Å². The lowest BCUT2D eigenvalue weighted by molar-refractivity contribution is 0.278. The van der Waals surface area contributed by atoms with Crippen molar-refractivity contribution in [3.05, 3.63) is 23.4 Å². The second-order valence-electron chi connectivity index (χ2n) is 5.45. The lowest BCUT2D eigenvalue weighted by Gasteiger charge is -2.12. The summed E-state index contributed by atoms with van der Waals surface area (Å²) in [4.78, 5) is 4.56. The fourth-order valence-corrected chi connectivity index (χ4v) is 1.66. The van der Waals surface area contributed by atoms with E-state index >= 15 is 0 Å². The smallest absolute Gasteiger partial charge is 0.213 e. The first kappa shape index (κ1) is 15.0. The van der Waals surface area contributed by atoms with Gasteiger partial charge >= 0.3 is 0 Å². The van der Waals surface area contributed by atoms with E-state index in [9.17, 15) is 0 Å². The van der Waals surface area contributed by atoms with Gasteiger partial charge in [-0.3, -0.25) is 0 Å². The molecule has 102 valence electrons. The highest BCUT2D eigenvalue weighted by atomic mass is 16.5. The average Bonchev–Trinajstić information content (AvgIpc) is 2.28. The molecule has 0 amide bonds. The Morgan fingerprint density at radius 1 is 1.22 bits per heavy atom. The van der Waals surface area contributed by atoms with Crippen LogP contribution in [0.25, 0.3) is 0 Å². The van der Waals surface area contributed by atoms with Crippen LogP contribution >= 0.6 is 0 Å². The van der Waals surface area contributed by atoms with Crippen LogP contribution in [0.2, 0.25) is 0 Å². The van der Waals surface area contributed by atoms with Crippen LogP contribution in [0.3, 0.4) is 0 Å². The van der Waals surface area contributed by atoms with Gasteiger partial charge in [-0.25, -0.2) is 4.98 Å². The van der Waals surface area contributed by atoms with Crippen molar-refractivity contribution in [2.45, 2.75) is 46.6 Å². The minimum atomic E-state index is 0.425. The van der Waals surface area contributed by atoms with Gasteiger partial charge in [0.15, 0.2) is 0 Å². The Kier molecular flexibility index (Phi) is 6.13. The van der Waals surface area contributed by atoms with Gasteiger partial charge in [0.05, 0.1) is 6.61 Å². The molecule has 1 heterocycles. The van der Waals surface area contributed by atoms with Gasteiger partial charge in [0.1, 0.15) is 0 Å². The van der Waals surface area contributed by atoms with Crippen molar-refractivity contribution >= 4 is 0 Å². The Bertz CT molecular complexity index is 362. The first-order valence-corrected chi connectivity index (χ1v) is 6.81. The lowest BCUT2D eigenvalue weighted by Crippen LogP contribution is -2.09. The first-order chi connectivity index (χ1) is 8.52. The van der Waals surface area contributed by atoms with Crippen LogP contribution in [-0.2, 0) is 6.54 Å². The molecule has 0 aliphatic carbocycles. The van der Waals surface area contributed by atoms with Crippen molar-refractivity contribution in [3.8, 4) is 5.88 Å². The van der Waals surface area contributed by atoms with Gasteiger partial charge in [0, 0.05) is 18.3 Å². The fraction of sp³-hybridized carbons (Fsp3) is 0.667. The van der Waals surface area contributed by atoms with E-state index in [2.05, 4.69) is 44.1 Å². The minimum Gasteiger partial charge on any atom is -0.478 e. The molecule has 0 bridgehead atoms. The molecule has 18 heavy (non-hydrogen) atoms. The molecule has 3 heteroatoms. The third kappa shape index (κ3) is 5.05. The molecule has 0 saturated carbocycles. The SMILES string of the molecule is CNCc1cc(OCCC(C)C)nc(C(C)C)c1. The van der Waals surface area contributed by atoms with Crippen LogP contribution < -0.4 is 10.1 Å². The summed E-state index contributed by atoms with van der Waals surface area (Å²) in [5.74, 6) is 1.84. The van der Waals surface area contributed by atoms with Crippen molar-refractivity contribution in [1.82, 2.24) is 10.3 Å². The van der Waals surface area contributed by atoms with E-state index in [0.29, 0.717) is 11.8 Å². The maximum Gasteiger partial charge on any atom is 0.213 e. The first-order valence-electron chi connectivity index (χ1n) is 6.81. The third-order valence-corrected chi connectivity index (χ3v) is 2.80. The molecule has 1 aromatic rings. The Morgan fingerprint density at radius 2 is 1.94 bits per heavy atom. The van der Waals surface area contributed by atoms with Crippen molar-refractivity contribution in [2.24, 2.45) is 5.92 Å². The van der Waals surface area contributed by atoms with Crippen molar-refractivity contribution in [3.63, 3.8) is 0 Å². The van der Waals surface area contributed by atoms with E-state index < -0.39 is 0 Å². The summed E-state index contributed by atoms with van der Waals surface area (Å²) in [5.41, 5.74) is 2.33. The molecule has 0 atom stereocenters. The molecule has 0 unspecified atom stereocenters. The molecule has 0 radical (unpaired) electrons. The topological polar surface area (TPSA) is 34.1 Å². The predicted octanol–water partition coefficient (Wildman–Crippen LogP) is 3.35. The molecular weight excluding hydrogens is 224 g/mol. The number of hydrogen-bond acceptors (Lipinski definition) is 3. The summed E-state index contributed by atoms with van der Waals surface area (Å²) >= 11 is 0. The maximum atomic E-state index is 5.76. The summed E-state index contributed by atoms with van der Waals surface area (Å²) in [5, 5.41) is 3.17. The normalized spacial score (nSPS) is 11.3. The van der Waals surface area contributed by atoms with Gasteiger partial charge < -0.3 is 10.1 Å². The Labute approximate surface area is 111 Å². The average molecular weight is 250 g/mol. The number of rotatable bonds is 7. The standard InChI is InChI=1S/C15H26N2O/c1-11(2)6-7-18-15-9-13(10-16-5)8-14(17-15)12(3)4/h8-9,11-12,16H,6-7,10H2,1-5H3. The van der Waals surface area contributed by atoms with Crippen LogP contribution in [-0.4, -0.2) is 18.6 Å². The number of pyridine rings is 1. The van der Waals surface area contributed by atoms with Crippen molar-refractivity contribution in [2.75, 3.05) is 13.7 Å². The predicted molar refractivity (Wildman–Crippen MR) is 76.0 cm³/mol. The fourth-order valence-electron chi connectivity index (χ4n) is 1.66. The Hall–Kier alpha value is -1.09.